The van der Waals surface area contributed by atoms with E-state index in [0.717, 1.165) is 31.7 Å². The van der Waals surface area contributed by atoms with Gasteiger partial charge in [-0.2, -0.15) is 5.26 Å². The van der Waals surface area contributed by atoms with E-state index in [-0.39, 0.29) is 17.4 Å². The Labute approximate surface area is 99.2 Å². The summed E-state index contributed by atoms with van der Waals surface area (Å²) in [6, 6.07) is 5.68. The van der Waals surface area contributed by atoms with Crippen LogP contribution in [-0.2, 0) is 4.79 Å². The van der Waals surface area contributed by atoms with E-state index in [1.807, 2.05) is 6.07 Å². The standard InChI is InChI=1S/C13H13FN2O/c14-11-5-6-12(10(7-11)8-15)16-13(17)9-3-1-2-4-9/h5-7,9H,1-4H2,(H,16,17). The Balaban J connectivity index is 2.13. The molecule has 1 fully saturated rings. The molecule has 0 heterocycles. The number of hydrogen-bond acceptors (Lipinski definition) is 2. The normalized spacial score (nSPS) is 15.5. The maximum Gasteiger partial charge on any atom is 0.227 e. The molecule has 2 rings (SSSR count). The fourth-order valence-corrected chi connectivity index (χ4v) is 2.14. The fourth-order valence-electron chi connectivity index (χ4n) is 2.14. The summed E-state index contributed by atoms with van der Waals surface area (Å²) in [5.74, 6) is -0.502. The minimum Gasteiger partial charge on any atom is -0.325 e. The molecular weight excluding hydrogens is 219 g/mol. The lowest BCUT2D eigenvalue weighted by Gasteiger charge is -2.11. The van der Waals surface area contributed by atoms with Crippen LogP contribution in [0.3, 0.4) is 0 Å². The van der Waals surface area contributed by atoms with Crippen LogP contribution in [0.1, 0.15) is 31.2 Å². The smallest absolute Gasteiger partial charge is 0.227 e. The van der Waals surface area contributed by atoms with E-state index >= 15 is 0 Å². The van der Waals surface area contributed by atoms with Gasteiger partial charge in [-0.25, -0.2) is 4.39 Å². The molecule has 3 nitrogen and oxygen atoms in total. The summed E-state index contributed by atoms with van der Waals surface area (Å²) in [6.45, 7) is 0. The molecule has 0 unspecified atom stereocenters. The zero-order chi connectivity index (χ0) is 12.3. The number of rotatable bonds is 2. The third-order valence-electron chi connectivity index (χ3n) is 3.09. The van der Waals surface area contributed by atoms with Gasteiger partial charge in [0, 0.05) is 5.92 Å². The average Bonchev–Trinajstić information content (AvgIpc) is 2.85. The molecule has 1 aliphatic carbocycles. The molecule has 0 atom stereocenters. The van der Waals surface area contributed by atoms with E-state index in [0.29, 0.717) is 5.69 Å². The summed E-state index contributed by atoms with van der Waals surface area (Å²) in [6.07, 6.45) is 3.95. The van der Waals surface area contributed by atoms with Crippen molar-refractivity contribution in [3.63, 3.8) is 0 Å². The monoisotopic (exact) mass is 232 g/mol. The van der Waals surface area contributed by atoms with Gasteiger partial charge in [0.1, 0.15) is 11.9 Å². The van der Waals surface area contributed by atoms with Crippen LogP contribution in [0.4, 0.5) is 10.1 Å². The SMILES string of the molecule is N#Cc1cc(F)ccc1NC(=O)C1CCCC1. The Morgan fingerprint density at radius 3 is 2.76 bits per heavy atom. The maximum atomic E-state index is 12.9. The first-order valence-electron chi connectivity index (χ1n) is 5.71. The molecule has 4 heteroatoms. The molecule has 1 saturated carbocycles. The van der Waals surface area contributed by atoms with Crippen LogP contribution in [0.2, 0.25) is 0 Å². The van der Waals surface area contributed by atoms with E-state index in [1.54, 1.807) is 0 Å². The summed E-state index contributed by atoms with van der Waals surface area (Å²) in [5.41, 5.74) is 0.558. The second-order valence-corrected chi connectivity index (χ2v) is 4.27. The lowest BCUT2D eigenvalue weighted by atomic mass is 10.1. The molecule has 0 spiro atoms. The molecule has 0 radical (unpaired) electrons. The number of nitrogens with one attached hydrogen (secondary N) is 1. The molecule has 1 aromatic carbocycles. The van der Waals surface area contributed by atoms with Crippen molar-refractivity contribution < 1.29 is 9.18 Å². The van der Waals surface area contributed by atoms with Crippen LogP contribution in [-0.4, -0.2) is 5.91 Å². The van der Waals surface area contributed by atoms with Crippen molar-refractivity contribution in [3.8, 4) is 6.07 Å². The molecule has 0 aliphatic heterocycles. The Kier molecular flexibility index (Phi) is 3.38. The van der Waals surface area contributed by atoms with E-state index < -0.39 is 5.82 Å². The van der Waals surface area contributed by atoms with Crippen LogP contribution in [0.25, 0.3) is 0 Å². The minimum absolute atomic E-state index is 0.0339. The van der Waals surface area contributed by atoms with Crippen LogP contribution < -0.4 is 5.32 Å². The molecular formula is C13H13FN2O. The number of halogens is 1. The summed E-state index contributed by atoms with van der Waals surface area (Å²) in [4.78, 5) is 11.9. The Morgan fingerprint density at radius 1 is 1.41 bits per heavy atom. The molecule has 0 saturated heterocycles. The van der Waals surface area contributed by atoms with E-state index in [4.69, 9.17) is 5.26 Å². The number of carbonyl (C=O) groups excluding carboxylic acids is 1. The van der Waals surface area contributed by atoms with E-state index in [1.165, 1.54) is 12.1 Å². The van der Waals surface area contributed by atoms with Crippen molar-refractivity contribution in [1.82, 2.24) is 0 Å². The predicted octanol–water partition coefficient (Wildman–Crippen LogP) is 2.83. The highest BCUT2D eigenvalue weighted by Gasteiger charge is 2.23. The number of hydrogen-bond donors (Lipinski definition) is 1. The summed E-state index contributed by atoms with van der Waals surface area (Å²) < 4.78 is 12.9. The van der Waals surface area contributed by atoms with Crippen molar-refractivity contribution in [2.75, 3.05) is 5.32 Å². The topological polar surface area (TPSA) is 52.9 Å². The van der Waals surface area contributed by atoms with Crippen molar-refractivity contribution in [2.24, 2.45) is 5.92 Å². The average molecular weight is 232 g/mol. The van der Waals surface area contributed by atoms with Gasteiger partial charge >= 0.3 is 0 Å². The first kappa shape index (κ1) is 11.6. The summed E-state index contributed by atoms with van der Waals surface area (Å²) >= 11 is 0. The van der Waals surface area contributed by atoms with Gasteiger partial charge < -0.3 is 5.32 Å². The van der Waals surface area contributed by atoms with Gasteiger partial charge in [0.05, 0.1) is 11.3 Å². The third kappa shape index (κ3) is 2.62. The van der Waals surface area contributed by atoms with Crippen LogP contribution in [0.5, 0.6) is 0 Å². The van der Waals surface area contributed by atoms with Gasteiger partial charge in [0.2, 0.25) is 5.91 Å². The Morgan fingerprint density at radius 2 is 2.12 bits per heavy atom. The highest BCUT2D eigenvalue weighted by molar-refractivity contribution is 5.93. The quantitative estimate of drug-likeness (QED) is 0.852. The summed E-state index contributed by atoms with van der Waals surface area (Å²) in [5, 5.41) is 11.6. The second-order valence-electron chi connectivity index (χ2n) is 4.27. The lowest BCUT2D eigenvalue weighted by molar-refractivity contribution is -0.119. The van der Waals surface area contributed by atoms with Gasteiger partial charge in [-0.05, 0) is 31.0 Å². The first-order valence-corrected chi connectivity index (χ1v) is 5.71. The van der Waals surface area contributed by atoms with Crippen molar-refractivity contribution in [3.05, 3.63) is 29.6 Å². The molecule has 1 aliphatic rings. The highest BCUT2D eigenvalue weighted by atomic mass is 19.1. The Bertz CT molecular complexity index is 473. The van der Waals surface area contributed by atoms with Gasteiger partial charge in [-0.15, -0.1) is 0 Å². The molecule has 88 valence electrons. The number of anilines is 1. The molecule has 1 N–H and O–H groups in total. The van der Waals surface area contributed by atoms with Gasteiger partial charge in [-0.3, -0.25) is 4.79 Å². The molecule has 0 bridgehead atoms. The van der Waals surface area contributed by atoms with Crippen molar-refractivity contribution >= 4 is 11.6 Å². The number of benzene rings is 1. The predicted molar refractivity (Wildman–Crippen MR) is 61.7 cm³/mol. The van der Waals surface area contributed by atoms with E-state index in [2.05, 4.69) is 5.32 Å². The van der Waals surface area contributed by atoms with Crippen LogP contribution >= 0.6 is 0 Å². The Hall–Kier alpha value is -1.89. The number of nitrogens with zero attached hydrogens (tertiary/aromatic N) is 1. The minimum atomic E-state index is -0.472. The van der Waals surface area contributed by atoms with Crippen LogP contribution in [0.15, 0.2) is 18.2 Å². The molecule has 1 aromatic rings. The third-order valence-corrected chi connectivity index (χ3v) is 3.09. The summed E-state index contributed by atoms with van der Waals surface area (Å²) in [7, 11) is 0. The van der Waals surface area contributed by atoms with Crippen LogP contribution in [0, 0.1) is 23.1 Å². The first-order chi connectivity index (χ1) is 8.20. The molecule has 17 heavy (non-hydrogen) atoms. The van der Waals surface area contributed by atoms with Crippen molar-refractivity contribution in [1.29, 1.82) is 5.26 Å². The van der Waals surface area contributed by atoms with Gasteiger partial charge in [0.15, 0.2) is 0 Å². The van der Waals surface area contributed by atoms with Gasteiger partial charge in [-0.1, -0.05) is 12.8 Å². The second kappa shape index (κ2) is 4.96. The number of nitriles is 1. The molecule has 0 aromatic heterocycles. The largest absolute Gasteiger partial charge is 0.325 e. The van der Waals surface area contributed by atoms with E-state index in [9.17, 15) is 9.18 Å². The highest BCUT2D eigenvalue weighted by Crippen LogP contribution is 2.26. The zero-order valence-electron chi connectivity index (χ0n) is 9.37. The number of carbonyl (C=O) groups is 1. The number of amides is 1. The maximum absolute atomic E-state index is 12.9. The fraction of sp³-hybridized carbons (Fsp3) is 0.385. The van der Waals surface area contributed by atoms with Crippen molar-refractivity contribution in [2.45, 2.75) is 25.7 Å². The lowest BCUT2D eigenvalue weighted by Crippen LogP contribution is -2.20. The van der Waals surface area contributed by atoms with Gasteiger partial charge in [0.25, 0.3) is 0 Å². The zero-order valence-corrected chi connectivity index (χ0v) is 9.37. The molecule has 1 amide bonds.